The van der Waals surface area contributed by atoms with Gasteiger partial charge in [0.15, 0.2) is 6.10 Å². The van der Waals surface area contributed by atoms with Gasteiger partial charge in [0.05, 0.1) is 17.0 Å². The molecule has 1 saturated heterocycles. The van der Waals surface area contributed by atoms with Gasteiger partial charge in [0.1, 0.15) is 11.8 Å². The number of amides is 2. The van der Waals surface area contributed by atoms with Crippen LogP contribution in [-0.2, 0) is 22.2 Å². The Bertz CT molecular complexity index is 1160. The first-order chi connectivity index (χ1) is 16.8. The number of alkyl halides is 4. The topological polar surface area (TPSA) is 127 Å². The number of nitrogens with one attached hydrogen (secondary N) is 1. The number of rotatable bonds is 7. The Morgan fingerprint density at radius 1 is 1.19 bits per heavy atom. The maximum Gasteiger partial charge on any atom is 0.416 e. The zero-order chi connectivity index (χ0) is 26.8. The van der Waals surface area contributed by atoms with E-state index in [2.05, 4.69) is 5.32 Å². The molecule has 3 rings (SSSR count). The minimum Gasteiger partial charge on any atom is -0.508 e. The number of aromatic hydroxyl groups is 1. The molecule has 0 aliphatic carbocycles. The third-order valence-electron chi connectivity index (χ3n) is 6.03. The van der Waals surface area contributed by atoms with Crippen LogP contribution >= 0.6 is 11.6 Å². The van der Waals surface area contributed by atoms with Crippen molar-refractivity contribution in [1.29, 1.82) is 0 Å². The highest BCUT2D eigenvalue weighted by atomic mass is 35.5. The molecule has 4 N–H and O–H groups in total. The molecule has 194 valence electrons. The second-order valence-electron chi connectivity index (χ2n) is 8.55. The first-order valence-electron chi connectivity index (χ1n) is 10.9. The average molecular weight is 529 g/mol. The number of hydrogen-bond donors (Lipinski definition) is 4. The lowest BCUT2D eigenvalue weighted by Crippen LogP contribution is -2.54. The highest BCUT2D eigenvalue weighted by Gasteiger charge is 2.43. The van der Waals surface area contributed by atoms with Gasteiger partial charge < -0.3 is 25.5 Å². The minimum absolute atomic E-state index is 0.0223. The van der Waals surface area contributed by atoms with Crippen LogP contribution in [-0.4, -0.2) is 68.1 Å². The number of phenolic OH excluding ortho intramolecular Hbond substituents is 1. The lowest BCUT2D eigenvalue weighted by molar-refractivity contribution is -0.152. The fraction of sp³-hybridized carbons (Fsp3) is 0.375. The summed E-state index contributed by atoms with van der Waals surface area (Å²) in [7, 11) is 0. The molecule has 1 aliphatic heterocycles. The second-order valence-corrected chi connectivity index (χ2v) is 9.17. The molecule has 0 saturated carbocycles. The molecule has 36 heavy (non-hydrogen) atoms. The molecule has 1 fully saturated rings. The lowest BCUT2D eigenvalue weighted by atomic mass is 9.97. The van der Waals surface area contributed by atoms with Gasteiger partial charge in [-0.2, -0.15) is 13.2 Å². The minimum atomic E-state index is -4.64. The monoisotopic (exact) mass is 528 g/mol. The number of likely N-dealkylation sites (tertiary alicyclic amines) is 1. The van der Waals surface area contributed by atoms with E-state index in [9.17, 15) is 42.9 Å². The third kappa shape index (κ3) is 6.08. The highest BCUT2D eigenvalue weighted by molar-refractivity contribution is 6.21. The molecule has 0 aromatic heterocycles. The number of carbonyl (C=O) groups excluding carboxylic acids is 2. The van der Waals surface area contributed by atoms with E-state index < -0.39 is 53.1 Å². The number of carbonyl (C=O) groups is 3. The number of carboxylic acids is 1. The Hall–Kier alpha value is -3.31. The van der Waals surface area contributed by atoms with Crippen LogP contribution in [0.2, 0.25) is 0 Å². The molecule has 4 atom stereocenters. The number of aliphatic hydroxyl groups is 1. The lowest BCUT2D eigenvalue weighted by Gasteiger charge is -2.29. The van der Waals surface area contributed by atoms with E-state index in [0.717, 1.165) is 23.1 Å². The summed E-state index contributed by atoms with van der Waals surface area (Å²) in [6, 6.07) is 5.61. The standard InChI is InChI=1S/C24H24ClF3N2O6/c1-12-16(6-3-7-19(12)31)21(33)29-17(9-13-4-2-5-14(8-13)24(26,27)28)20(32)22(34)30-11-15(25)10-18(30)23(35)36/h2-8,15,17-18,20,31-32H,9-11H2,1H3,(H,29,33)(H,35,36)/t15-,17-,18-,20-/m0/s1. The van der Waals surface area contributed by atoms with E-state index in [1.165, 1.54) is 31.2 Å². The van der Waals surface area contributed by atoms with E-state index in [1.807, 2.05) is 0 Å². The van der Waals surface area contributed by atoms with Crippen LogP contribution < -0.4 is 5.32 Å². The number of benzene rings is 2. The molecule has 2 aromatic rings. The van der Waals surface area contributed by atoms with Crippen LogP contribution in [0.4, 0.5) is 13.2 Å². The molecule has 8 nitrogen and oxygen atoms in total. The normalized spacial score (nSPS) is 19.6. The summed E-state index contributed by atoms with van der Waals surface area (Å²) >= 11 is 6.02. The summed E-state index contributed by atoms with van der Waals surface area (Å²) in [5.74, 6) is -3.33. The van der Waals surface area contributed by atoms with Crippen LogP contribution in [0.1, 0.15) is 33.5 Å². The number of carboxylic acid groups (broad SMARTS) is 1. The van der Waals surface area contributed by atoms with Crippen molar-refractivity contribution >= 4 is 29.4 Å². The number of phenols is 1. The Morgan fingerprint density at radius 3 is 2.50 bits per heavy atom. The summed E-state index contributed by atoms with van der Waals surface area (Å²) in [6.45, 7) is 1.31. The molecule has 0 radical (unpaired) electrons. The number of nitrogens with zero attached hydrogens (tertiary/aromatic N) is 1. The van der Waals surface area contributed by atoms with E-state index in [1.54, 1.807) is 0 Å². The van der Waals surface area contributed by atoms with E-state index >= 15 is 0 Å². The van der Waals surface area contributed by atoms with Gasteiger partial charge in [-0.25, -0.2) is 4.79 Å². The Labute approximate surface area is 209 Å². The van der Waals surface area contributed by atoms with Crippen LogP contribution in [0.15, 0.2) is 42.5 Å². The zero-order valence-corrected chi connectivity index (χ0v) is 19.8. The molecule has 2 aromatic carbocycles. The molecule has 1 heterocycles. The first kappa shape index (κ1) is 27.3. The van der Waals surface area contributed by atoms with Crippen LogP contribution in [0.25, 0.3) is 0 Å². The van der Waals surface area contributed by atoms with Gasteiger partial charge in [0.25, 0.3) is 11.8 Å². The molecule has 2 amide bonds. The fourth-order valence-corrected chi connectivity index (χ4v) is 4.41. The van der Waals surface area contributed by atoms with Crippen LogP contribution in [0, 0.1) is 6.92 Å². The van der Waals surface area contributed by atoms with Crippen molar-refractivity contribution in [1.82, 2.24) is 10.2 Å². The molecule has 0 unspecified atom stereocenters. The number of aliphatic hydroxyl groups excluding tert-OH is 1. The largest absolute Gasteiger partial charge is 0.508 e. The van der Waals surface area contributed by atoms with Crippen molar-refractivity contribution in [3.63, 3.8) is 0 Å². The molecule has 1 aliphatic rings. The summed E-state index contributed by atoms with van der Waals surface area (Å²) in [5, 5.41) is 32.0. The fourth-order valence-electron chi connectivity index (χ4n) is 4.09. The third-order valence-corrected chi connectivity index (χ3v) is 6.34. The Balaban J connectivity index is 1.93. The summed E-state index contributed by atoms with van der Waals surface area (Å²) < 4.78 is 39.6. The van der Waals surface area contributed by atoms with Crippen LogP contribution in [0.3, 0.4) is 0 Å². The predicted molar refractivity (Wildman–Crippen MR) is 123 cm³/mol. The summed E-state index contributed by atoms with van der Waals surface area (Å²) in [5.41, 5.74) is -0.649. The van der Waals surface area contributed by atoms with Gasteiger partial charge in [0, 0.05) is 17.7 Å². The molecular weight excluding hydrogens is 505 g/mol. The summed E-state index contributed by atoms with van der Waals surface area (Å²) in [4.78, 5) is 38.5. The van der Waals surface area contributed by atoms with Gasteiger partial charge in [-0.3, -0.25) is 9.59 Å². The van der Waals surface area contributed by atoms with Gasteiger partial charge in [-0.05, 0) is 43.5 Å². The average Bonchev–Trinajstić information content (AvgIpc) is 3.21. The molecule has 0 bridgehead atoms. The Morgan fingerprint density at radius 2 is 1.86 bits per heavy atom. The van der Waals surface area contributed by atoms with Gasteiger partial charge in [-0.1, -0.05) is 24.3 Å². The SMILES string of the molecule is Cc1c(O)cccc1C(=O)N[C@@H](Cc1cccc(C(F)(F)F)c1)[C@H](O)C(=O)N1C[C@@H](Cl)C[C@H]1C(=O)O. The molecule has 0 spiro atoms. The van der Waals surface area contributed by atoms with Crippen molar-refractivity contribution in [2.24, 2.45) is 0 Å². The van der Waals surface area contributed by atoms with E-state index in [4.69, 9.17) is 11.6 Å². The van der Waals surface area contributed by atoms with Gasteiger partial charge in [-0.15, -0.1) is 11.6 Å². The number of aliphatic carboxylic acids is 1. The first-order valence-corrected chi connectivity index (χ1v) is 11.3. The zero-order valence-electron chi connectivity index (χ0n) is 19.0. The van der Waals surface area contributed by atoms with Crippen molar-refractivity contribution < 1.29 is 42.9 Å². The smallest absolute Gasteiger partial charge is 0.416 e. The van der Waals surface area contributed by atoms with Crippen molar-refractivity contribution in [3.05, 3.63) is 64.7 Å². The molecule has 12 heteroatoms. The highest BCUT2D eigenvalue weighted by Crippen LogP contribution is 2.30. The molecular formula is C24H24ClF3N2O6. The summed E-state index contributed by atoms with van der Waals surface area (Å²) in [6.07, 6.45) is -7.06. The van der Waals surface area contributed by atoms with Crippen LogP contribution in [0.5, 0.6) is 5.75 Å². The second kappa shape index (κ2) is 10.8. The number of halogens is 4. The van der Waals surface area contributed by atoms with E-state index in [0.29, 0.717) is 0 Å². The van der Waals surface area contributed by atoms with Crippen molar-refractivity contribution in [2.45, 2.75) is 49.5 Å². The van der Waals surface area contributed by atoms with Crippen molar-refractivity contribution in [2.75, 3.05) is 6.54 Å². The predicted octanol–water partition coefficient (Wildman–Crippen LogP) is 2.71. The van der Waals surface area contributed by atoms with E-state index in [-0.39, 0.29) is 41.8 Å². The maximum atomic E-state index is 13.2. The quantitative estimate of drug-likeness (QED) is 0.409. The Kier molecular flexibility index (Phi) is 8.15. The van der Waals surface area contributed by atoms with Gasteiger partial charge >= 0.3 is 12.1 Å². The number of hydrogen-bond acceptors (Lipinski definition) is 5. The maximum absolute atomic E-state index is 13.2. The van der Waals surface area contributed by atoms with Crippen molar-refractivity contribution in [3.8, 4) is 5.75 Å². The van der Waals surface area contributed by atoms with Gasteiger partial charge in [0.2, 0.25) is 0 Å².